The van der Waals surface area contributed by atoms with Gasteiger partial charge >= 0.3 is 6.36 Å². The normalized spacial score (nSPS) is 15.7. The number of benzene rings is 1. The standard InChI is InChI=1S/C13H17F4NO2S/c1-8(18-21(19)12(2,3)4)10-7-9(5-6-11(10)14)20-13(15,16)17/h5-8,18H,1-4H3/t8-,21?/m1/s1. The molecule has 0 aliphatic carbocycles. The number of ether oxygens (including phenoxy) is 1. The second kappa shape index (κ2) is 6.41. The molecule has 0 saturated carbocycles. The van der Waals surface area contributed by atoms with E-state index in [2.05, 4.69) is 9.46 Å². The van der Waals surface area contributed by atoms with Crippen LogP contribution in [0.3, 0.4) is 0 Å². The fraction of sp³-hybridized carbons (Fsp3) is 0.538. The molecule has 0 aliphatic rings. The van der Waals surface area contributed by atoms with Crippen molar-refractivity contribution in [1.29, 1.82) is 0 Å². The molecular formula is C13H17F4NO2S. The molecular weight excluding hydrogens is 310 g/mol. The van der Waals surface area contributed by atoms with Gasteiger partial charge in [-0.05, 0) is 45.9 Å². The van der Waals surface area contributed by atoms with E-state index in [0.717, 1.165) is 18.2 Å². The highest BCUT2D eigenvalue weighted by molar-refractivity contribution is 7.90. The van der Waals surface area contributed by atoms with Crippen molar-refractivity contribution in [2.24, 2.45) is 0 Å². The Kier molecular flexibility index (Phi) is 5.51. The maximum Gasteiger partial charge on any atom is 0.573 e. The predicted molar refractivity (Wildman–Crippen MR) is 72.5 cm³/mol. The van der Waals surface area contributed by atoms with Crippen LogP contribution >= 0.6 is 0 Å². The number of alkyl halides is 3. The van der Waals surface area contributed by atoms with Gasteiger partial charge in [0, 0.05) is 16.9 Å². The van der Waals surface area contributed by atoms with E-state index in [1.807, 2.05) is 0 Å². The van der Waals surface area contributed by atoms with E-state index in [-0.39, 0.29) is 5.56 Å². The summed E-state index contributed by atoms with van der Waals surface area (Å²) < 4.78 is 68.0. The first-order valence-electron chi connectivity index (χ1n) is 6.13. The molecule has 0 heterocycles. The lowest BCUT2D eigenvalue weighted by atomic mass is 10.1. The first-order chi connectivity index (χ1) is 9.40. The van der Waals surface area contributed by atoms with E-state index < -0.39 is 40.1 Å². The summed E-state index contributed by atoms with van der Waals surface area (Å²) >= 11 is -1.48. The molecule has 1 unspecified atom stereocenters. The summed E-state index contributed by atoms with van der Waals surface area (Å²) in [6, 6.07) is 1.98. The Morgan fingerprint density at radius 2 is 1.81 bits per heavy atom. The van der Waals surface area contributed by atoms with Gasteiger partial charge in [0.2, 0.25) is 0 Å². The second-order valence-corrected chi connectivity index (χ2v) is 7.45. The minimum Gasteiger partial charge on any atom is -0.598 e. The van der Waals surface area contributed by atoms with Gasteiger partial charge in [-0.15, -0.1) is 17.9 Å². The highest BCUT2D eigenvalue weighted by atomic mass is 32.2. The number of hydrogen-bond donors (Lipinski definition) is 1. The lowest BCUT2D eigenvalue weighted by Crippen LogP contribution is -2.40. The molecule has 1 aromatic rings. The van der Waals surface area contributed by atoms with Crippen LogP contribution in [0.2, 0.25) is 0 Å². The van der Waals surface area contributed by atoms with Crippen LogP contribution in [0.5, 0.6) is 5.75 Å². The van der Waals surface area contributed by atoms with Crippen LogP contribution in [0, 0.1) is 5.82 Å². The molecule has 0 aliphatic heterocycles. The molecule has 1 rings (SSSR count). The van der Waals surface area contributed by atoms with Crippen molar-refractivity contribution >= 4 is 11.4 Å². The van der Waals surface area contributed by atoms with Crippen LogP contribution < -0.4 is 9.46 Å². The molecule has 0 spiro atoms. The number of halogens is 4. The van der Waals surface area contributed by atoms with Crippen molar-refractivity contribution in [3.63, 3.8) is 0 Å². The zero-order chi connectivity index (χ0) is 16.4. The Hall–Kier alpha value is -0.990. The van der Waals surface area contributed by atoms with Gasteiger partial charge in [-0.2, -0.15) is 0 Å². The Bertz CT molecular complexity index is 488. The van der Waals surface area contributed by atoms with Crippen molar-refractivity contribution < 1.29 is 26.9 Å². The van der Waals surface area contributed by atoms with Crippen molar-refractivity contribution in [2.75, 3.05) is 0 Å². The van der Waals surface area contributed by atoms with E-state index in [1.54, 1.807) is 20.8 Å². The van der Waals surface area contributed by atoms with E-state index in [4.69, 9.17) is 0 Å². The average molecular weight is 327 g/mol. The van der Waals surface area contributed by atoms with Gasteiger partial charge in [-0.1, -0.05) is 0 Å². The summed E-state index contributed by atoms with van der Waals surface area (Å²) in [6.45, 7) is 6.69. The Labute approximate surface area is 124 Å². The summed E-state index contributed by atoms with van der Waals surface area (Å²) in [7, 11) is 0. The first kappa shape index (κ1) is 18.1. The molecule has 8 heteroatoms. The van der Waals surface area contributed by atoms with Gasteiger partial charge in [0.1, 0.15) is 16.3 Å². The molecule has 0 fully saturated rings. The molecule has 0 bridgehead atoms. The number of rotatable bonds is 4. The summed E-state index contributed by atoms with van der Waals surface area (Å²) in [5, 5.41) is 0. The maximum absolute atomic E-state index is 13.7. The van der Waals surface area contributed by atoms with Crippen LogP contribution in [0.1, 0.15) is 39.3 Å². The summed E-state index contributed by atoms with van der Waals surface area (Å²) in [6.07, 6.45) is -4.85. The Morgan fingerprint density at radius 1 is 1.24 bits per heavy atom. The largest absolute Gasteiger partial charge is 0.598 e. The van der Waals surface area contributed by atoms with E-state index >= 15 is 0 Å². The molecule has 2 atom stereocenters. The molecule has 1 aromatic carbocycles. The predicted octanol–water partition coefficient (Wildman–Crippen LogP) is 3.84. The van der Waals surface area contributed by atoms with Crippen LogP contribution in [0.4, 0.5) is 17.6 Å². The zero-order valence-corrected chi connectivity index (χ0v) is 12.9. The molecule has 3 nitrogen and oxygen atoms in total. The molecule has 120 valence electrons. The maximum atomic E-state index is 13.7. The topological polar surface area (TPSA) is 44.3 Å². The van der Waals surface area contributed by atoms with Crippen LogP contribution in [0.25, 0.3) is 0 Å². The third kappa shape index (κ3) is 5.72. The SMILES string of the molecule is C[C@@H](N[S+]([O-])C(C)(C)C)c1cc(OC(F)(F)F)ccc1F. The monoisotopic (exact) mass is 327 g/mol. The number of nitrogens with one attached hydrogen (secondary N) is 1. The molecule has 21 heavy (non-hydrogen) atoms. The fourth-order valence-electron chi connectivity index (χ4n) is 1.45. The molecule has 0 aromatic heterocycles. The molecule has 0 radical (unpaired) electrons. The first-order valence-corrected chi connectivity index (χ1v) is 7.28. The summed E-state index contributed by atoms with van der Waals surface area (Å²) in [5.41, 5.74) is -0.0469. The van der Waals surface area contributed by atoms with Crippen molar-refractivity contribution in [1.82, 2.24) is 4.72 Å². The van der Waals surface area contributed by atoms with Crippen LogP contribution in [-0.4, -0.2) is 15.7 Å². The van der Waals surface area contributed by atoms with E-state index in [1.165, 1.54) is 6.92 Å². The minimum atomic E-state index is -4.85. The highest BCUT2D eigenvalue weighted by Crippen LogP contribution is 2.28. The lowest BCUT2D eigenvalue weighted by Gasteiger charge is -2.26. The average Bonchev–Trinajstić information content (AvgIpc) is 2.28. The van der Waals surface area contributed by atoms with E-state index in [0.29, 0.717) is 0 Å². The van der Waals surface area contributed by atoms with Crippen molar-refractivity contribution in [3.05, 3.63) is 29.6 Å². The number of hydrogen-bond acceptors (Lipinski definition) is 3. The Balaban J connectivity index is 2.93. The molecule has 0 amide bonds. The van der Waals surface area contributed by atoms with Gasteiger partial charge in [-0.3, -0.25) is 0 Å². The van der Waals surface area contributed by atoms with Gasteiger partial charge in [0.15, 0.2) is 0 Å². The van der Waals surface area contributed by atoms with Gasteiger partial charge in [-0.25, -0.2) is 4.39 Å². The summed E-state index contributed by atoms with van der Waals surface area (Å²) in [4.78, 5) is 0. The van der Waals surface area contributed by atoms with Crippen LogP contribution in [-0.2, 0) is 11.4 Å². The quantitative estimate of drug-likeness (QED) is 0.675. The molecule has 1 N–H and O–H groups in total. The zero-order valence-electron chi connectivity index (χ0n) is 12.0. The highest BCUT2D eigenvalue weighted by Gasteiger charge is 2.32. The van der Waals surface area contributed by atoms with Gasteiger partial charge < -0.3 is 9.29 Å². The van der Waals surface area contributed by atoms with Gasteiger partial charge in [0.05, 0.1) is 6.04 Å². The minimum absolute atomic E-state index is 0.0469. The van der Waals surface area contributed by atoms with Crippen LogP contribution in [0.15, 0.2) is 18.2 Å². The molecule has 0 saturated heterocycles. The van der Waals surface area contributed by atoms with E-state index in [9.17, 15) is 22.1 Å². The third-order valence-corrected chi connectivity index (χ3v) is 4.19. The van der Waals surface area contributed by atoms with Crippen molar-refractivity contribution in [3.8, 4) is 5.75 Å². The van der Waals surface area contributed by atoms with Crippen molar-refractivity contribution in [2.45, 2.75) is 44.8 Å². The van der Waals surface area contributed by atoms with Gasteiger partial charge in [0.25, 0.3) is 0 Å². The summed E-state index contributed by atoms with van der Waals surface area (Å²) in [5.74, 6) is -1.22. The lowest BCUT2D eigenvalue weighted by molar-refractivity contribution is -0.274. The Morgan fingerprint density at radius 3 is 2.29 bits per heavy atom. The fourth-order valence-corrected chi connectivity index (χ4v) is 2.25. The second-order valence-electron chi connectivity index (χ2n) is 5.45. The smallest absolute Gasteiger partial charge is 0.573 e. The third-order valence-electron chi connectivity index (χ3n) is 2.51.